The summed E-state index contributed by atoms with van der Waals surface area (Å²) in [4.78, 5) is 48.4. The number of hydrogen-bond acceptors (Lipinski definition) is 5. The summed E-state index contributed by atoms with van der Waals surface area (Å²) in [6, 6.07) is 17.1. The van der Waals surface area contributed by atoms with E-state index in [0.29, 0.717) is 21.5 Å². The Morgan fingerprint density at radius 3 is 1.83 bits per heavy atom. The Morgan fingerprint density at radius 1 is 0.667 bits per heavy atom. The highest BCUT2D eigenvalue weighted by Crippen LogP contribution is 2.35. The van der Waals surface area contributed by atoms with Crippen LogP contribution in [0.3, 0.4) is 0 Å². The van der Waals surface area contributed by atoms with E-state index in [4.69, 9.17) is 0 Å². The van der Waals surface area contributed by atoms with Crippen LogP contribution in [0.1, 0.15) is 36.6 Å². The second-order valence-electron chi connectivity index (χ2n) is 6.61. The maximum atomic E-state index is 13.4. The molecule has 0 unspecified atom stereocenters. The van der Waals surface area contributed by atoms with Gasteiger partial charge in [-0.1, -0.05) is 48.5 Å². The van der Waals surface area contributed by atoms with Crippen LogP contribution in [0.4, 0.5) is 5.69 Å². The third-order valence-electron chi connectivity index (χ3n) is 4.97. The van der Waals surface area contributed by atoms with Crippen molar-refractivity contribution in [3.05, 3.63) is 93.9 Å². The zero-order valence-electron chi connectivity index (χ0n) is 15.3. The molecule has 0 radical (unpaired) electrons. The summed E-state index contributed by atoms with van der Waals surface area (Å²) in [6.45, 7) is 0. The van der Waals surface area contributed by atoms with Gasteiger partial charge >= 0.3 is 11.9 Å². The largest absolute Gasteiger partial charge is 0.478 e. The zero-order chi connectivity index (χ0) is 21.4. The van der Waals surface area contributed by atoms with Gasteiger partial charge in [0.2, 0.25) is 0 Å². The lowest BCUT2D eigenvalue weighted by molar-refractivity contribution is 0.0686. The normalized spacial score (nSPS) is 10.8. The standard InChI is InChI=1S/C23H13NO6/c25-21(16-9-10-17(22(26)27)15-8-4-3-7-14(15)16)18-11-12-5-1-2-6-13(12)20(24-30)19(18)23(28)29/h1-11H,(H,26,27)(H,28,29). The van der Waals surface area contributed by atoms with Crippen LogP contribution in [0.25, 0.3) is 21.5 Å². The van der Waals surface area contributed by atoms with Crippen molar-refractivity contribution in [2.45, 2.75) is 0 Å². The predicted octanol–water partition coefficient (Wildman–Crippen LogP) is 5.02. The molecule has 7 heteroatoms. The molecule has 0 aliphatic carbocycles. The summed E-state index contributed by atoms with van der Waals surface area (Å²) in [6.07, 6.45) is 0. The fourth-order valence-electron chi connectivity index (χ4n) is 3.65. The third kappa shape index (κ3) is 2.89. The van der Waals surface area contributed by atoms with E-state index in [1.165, 1.54) is 18.2 Å². The minimum absolute atomic E-state index is 0.0226. The van der Waals surface area contributed by atoms with Gasteiger partial charge in [0.15, 0.2) is 5.78 Å². The third-order valence-corrected chi connectivity index (χ3v) is 4.97. The second-order valence-corrected chi connectivity index (χ2v) is 6.61. The molecule has 146 valence electrons. The van der Waals surface area contributed by atoms with Gasteiger partial charge in [-0.3, -0.25) is 4.79 Å². The highest BCUT2D eigenvalue weighted by molar-refractivity contribution is 6.24. The van der Waals surface area contributed by atoms with Crippen LogP contribution in [-0.4, -0.2) is 27.9 Å². The van der Waals surface area contributed by atoms with Crippen molar-refractivity contribution >= 4 is 45.0 Å². The molecular formula is C23H13NO6. The molecular weight excluding hydrogens is 386 g/mol. The van der Waals surface area contributed by atoms with Crippen molar-refractivity contribution in [2.75, 3.05) is 0 Å². The average molecular weight is 399 g/mol. The summed E-state index contributed by atoms with van der Waals surface area (Å²) < 4.78 is 0. The Kier molecular flexibility index (Phi) is 4.56. The number of carbonyl (C=O) groups excluding carboxylic acids is 1. The van der Waals surface area contributed by atoms with Crippen molar-refractivity contribution in [2.24, 2.45) is 5.18 Å². The Hall–Kier alpha value is -4.39. The number of carboxylic acids is 2. The number of hydrogen-bond donors (Lipinski definition) is 2. The summed E-state index contributed by atoms with van der Waals surface area (Å²) in [5, 5.41) is 23.6. The van der Waals surface area contributed by atoms with E-state index in [-0.39, 0.29) is 22.4 Å². The van der Waals surface area contributed by atoms with Crippen molar-refractivity contribution in [1.29, 1.82) is 0 Å². The molecule has 0 amide bonds. The van der Waals surface area contributed by atoms with Crippen LogP contribution in [0.15, 0.2) is 71.9 Å². The zero-order valence-corrected chi connectivity index (χ0v) is 15.3. The molecule has 2 N–H and O–H groups in total. The van der Waals surface area contributed by atoms with E-state index in [1.807, 2.05) is 0 Å². The van der Waals surface area contributed by atoms with Crippen molar-refractivity contribution in [1.82, 2.24) is 0 Å². The number of rotatable bonds is 5. The number of nitroso groups, excluding NO2 is 1. The molecule has 4 aromatic rings. The monoisotopic (exact) mass is 399 g/mol. The van der Waals surface area contributed by atoms with Gasteiger partial charge in [-0.25, -0.2) is 9.59 Å². The van der Waals surface area contributed by atoms with E-state index >= 15 is 0 Å². The number of nitrogens with zero attached hydrogens (tertiary/aromatic N) is 1. The van der Waals surface area contributed by atoms with E-state index in [0.717, 1.165) is 0 Å². The lowest BCUT2D eigenvalue weighted by atomic mass is 9.90. The summed E-state index contributed by atoms with van der Waals surface area (Å²) in [5.41, 5.74) is -0.848. The van der Waals surface area contributed by atoms with Crippen LogP contribution in [-0.2, 0) is 0 Å². The molecule has 4 aromatic carbocycles. The molecule has 0 saturated carbocycles. The number of aromatic carboxylic acids is 2. The highest BCUT2D eigenvalue weighted by atomic mass is 16.4. The average Bonchev–Trinajstić information content (AvgIpc) is 2.76. The van der Waals surface area contributed by atoms with Crippen LogP contribution in [0, 0.1) is 4.91 Å². The Morgan fingerprint density at radius 2 is 1.23 bits per heavy atom. The van der Waals surface area contributed by atoms with E-state index < -0.39 is 23.3 Å². The molecule has 30 heavy (non-hydrogen) atoms. The molecule has 0 atom stereocenters. The van der Waals surface area contributed by atoms with E-state index in [2.05, 4.69) is 5.18 Å². The highest BCUT2D eigenvalue weighted by Gasteiger charge is 2.26. The number of carbonyl (C=O) groups is 3. The molecule has 0 aliphatic heterocycles. The lowest BCUT2D eigenvalue weighted by Crippen LogP contribution is -2.11. The fraction of sp³-hybridized carbons (Fsp3) is 0. The van der Waals surface area contributed by atoms with Gasteiger partial charge in [-0.05, 0) is 39.5 Å². The van der Waals surface area contributed by atoms with Gasteiger partial charge in [0.05, 0.1) is 5.56 Å². The predicted molar refractivity (Wildman–Crippen MR) is 111 cm³/mol. The number of benzene rings is 4. The molecule has 0 aliphatic rings. The first-order valence-corrected chi connectivity index (χ1v) is 8.86. The maximum Gasteiger partial charge on any atom is 0.338 e. The maximum absolute atomic E-state index is 13.4. The van der Waals surface area contributed by atoms with Gasteiger partial charge in [-0.15, -0.1) is 4.91 Å². The summed E-state index contributed by atoms with van der Waals surface area (Å²) >= 11 is 0. The molecule has 0 fully saturated rings. The number of fused-ring (bicyclic) bond motifs is 2. The minimum Gasteiger partial charge on any atom is -0.478 e. The first-order chi connectivity index (χ1) is 14.4. The molecule has 0 heterocycles. The Bertz CT molecular complexity index is 1390. The van der Waals surface area contributed by atoms with Crippen molar-refractivity contribution in [3.63, 3.8) is 0 Å². The summed E-state index contributed by atoms with van der Waals surface area (Å²) in [5.74, 6) is -3.24. The Labute approximate surface area is 169 Å². The van der Waals surface area contributed by atoms with Gasteiger partial charge < -0.3 is 10.2 Å². The van der Waals surface area contributed by atoms with Gasteiger partial charge in [0.1, 0.15) is 11.3 Å². The quantitative estimate of drug-likeness (QED) is 0.359. The van der Waals surface area contributed by atoms with Crippen LogP contribution in [0.2, 0.25) is 0 Å². The van der Waals surface area contributed by atoms with E-state index in [1.54, 1.807) is 48.5 Å². The SMILES string of the molecule is O=Nc1c(C(=O)O)c(C(=O)c2ccc(C(=O)O)c3ccccc23)cc2ccccc12. The Balaban J connectivity index is 2.05. The summed E-state index contributed by atoms with van der Waals surface area (Å²) in [7, 11) is 0. The topological polar surface area (TPSA) is 121 Å². The lowest BCUT2D eigenvalue weighted by Gasteiger charge is -2.13. The fourth-order valence-corrected chi connectivity index (χ4v) is 3.65. The van der Waals surface area contributed by atoms with Crippen LogP contribution < -0.4 is 0 Å². The number of carboxylic acid groups (broad SMARTS) is 2. The van der Waals surface area contributed by atoms with Gasteiger partial charge in [-0.2, -0.15) is 0 Å². The molecule has 0 aromatic heterocycles. The molecule has 0 saturated heterocycles. The van der Waals surface area contributed by atoms with Crippen molar-refractivity contribution < 1.29 is 24.6 Å². The van der Waals surface area contributed by atoms with Crippen LogP contribution >= 0.6 is 0 Å². The second kappa shape index (κ2) is 7.21. The minimum atomic E-state index is -1.45. The van der Waals surface area contributed by atoms with Crippen LogP contribution in [0.5, 0.6) is 0 Å². The molecule has 4 rings (SSSR count). The van der Waals surface area contributed by atoms with E-state index in [9.17, 15) is 29.5 Å². The number of ketones is 1. The van der Waals surface area contributed by atoms with Gasteiger partial charge in [0.25, 0.3) is 0 Å². The first kappa shape index (κ1) is 18.9. The first-order valence-electron chi connectivity index (χ1n) is 8.86. The van der Waals surface area contributed by atoms with Gasteiger partial charge in [0, 0.05) is 16.5 Å². The van der Waals surface area contributed by atoms with Crippen molar-refractivity contribution in [3.8, 4) is 0 Å². The smallest absolute Gasteiger partial charge is 0.338 e. The molecule has 0 bridgehead atoms. The molecule has 0 spiro atoms. The molecule has 7 nitrogen and oxygen atoms in total.